The largest absolute Gasteiger partial charge is 0.375 e. The standard InChI is InChI=1S/C12H18BrN3O/c13-12-10-3-1-2-5-16(10)11(15-12)7-9-8-14-4-6-17-9/h9,14H,1-8H2. The van der Waals surface area contributed by atoms with Gasteiger partial charge in [-0.1, -0.05) is 0 Å². The first-order chi connectivity index (χ1) is 8.34. The van der Waals surface area contributed by atoms with Gasteiger partial charge in [0.15, 0.2) is 0 Å². The van der Waals surface area contributed by atoms with Crippen LogP contribution >= 0.6 is 15.9 Å². The van der Waals surface area contributed by atoms with Crippen molar-refractivity contribution in [1.29, 1.82) is 0 Å². The van der Waals surface area contributed by atoms with E-state index in [-0.39, 0.29) is 6.10 Å². The fourth-order valence-electron chi connectivity index (χ4n) is 2.68. The molecular formula is C12H18BrN3O. The molecule has 3 heterocycles. The van der Waals surface area contributed by atoms with E-state index in [2.05, 4.69) is 30.8 Å². The number of fused-ring (bicyclic) bond motifs is 1. The molecule has 2 aliphatic rings. The first-order valence-corrected chi connectivity index (χ1v) is 7.20. The van der Waals surface area contributed by atoms with Crippen LogP contribution in [0.1, 0.15) is 24.4 Å². The third-order valence-electron chi connectivity index (χ3n) is 3.56. The molecule has 3 rings (SSSR count). The van der Waals surface area contributed by atoms with Crippen molar-refractivity contribution >= 4 is 15.9 Å². The van der Waals surface area contributed by atoms with Crippen molar-refractivity contribution in [3.05, 3.63) is 16.1 Å². The molecule has 2 aliphatic heterocycles. The quantitative estimate of drug-likeness (QED) is 0.900. The van der Waals surface area contributed by atoms with Crippen LogP contribution in [0.15, 0.2) is 4.60 Å². The highest BCUT2D eigenvalue weighted by Gasteiger charge is 2.22. The van der Waals surface area contributed by atoms with E-state index in [1.54, 1.807) is 0 Å². The minimum absolute atomic E-state index is 0.282. The van der Waals surface area contributed by atoms with Gasteiger partial charge in [0.05, 0.1) is 18.4 Å². The van der Waals surface area contributed by atoms with Gasteiger partial charge in [-0.3, -0.25) is 0 Å². The minimum atomic E-state index is 0.282. The maximum absolute atomic E-state index is 5.75. The topological polar surface area (TPSA) is 39.1 Å². The van der Waals surface area contributed by atoms with Crippen LogP contribution in [0.25, 0.3) is 0 Å². The molecule has 0 saturated carbocycles. The number of ether oxygens (including phenoxy) is 1. The molecule has 94 valence electrons. The maximum atomic E-state index is 5.75. The van der Waals surface area contributed by atoms with Gasteiger partial charge in [0.2, 0.25) is 0 Å². The molecule has 0 bridgehead atoms. The van der Waals surface area contributed by atoms with Crippen LogP contribution in [0.5, 0.6) is 0 Å². The lowest BCUT2D eigenvalue weighted by Crippen LogP contribution is -2.40. The highest BCUT2D eigenvalue weighted by atomic mass is 79.9. The average Bonchev–Trinajstić information content (AvgIpc) is 2.69. The molecule has 17 heavy (non-hydrogen) atoms. The fourth-order valence-corrected chi connectivity index (χ4v) is 3.30. The molecule has 1 saturated heterocycles. The van der Waals surface area contributed by atoms with E-state index >= 15 is 0 Å². The van der Waals surface area contributed by atoms with Crippen molar-refractivity contribution in [1.82, 2.24) is 14.9 Å². The van der Waals surface area contributed by atoms with Gasteiger partial charge in [0.25, 0.3) is 0 Å². The fraction of sp³-hybridized carbons (Fsp3) is 0.750. The molecule has 0 aliphatic carbocycles. The summed E-state index contributed by atoms with van der Waals surface area (Å²) in [5.41, 5.74) is 1.37. The third kappa shape index (κ3) is 2.41. The normalized spacial score (nSPS) is 24.6. The van der Waals surface area contributed by atoms with E-state index in [9.17, 15) is 0 Å². The van der Waals surface area contributed by atoms with Gasteiger partial charge in [-0.05, 0) is 35.2 Å². The Kier molecular flexibility index (Phi) is 3.49. The monoisotopic (exact) mass is 299 g/mol. The zero-order valence-corrected chi connectivity index (χ0v) is 11.5. The lowest BCUT2D eigenvalue weighted by atomic mass is 10.1. The molecule has 1 unspecified atom stereocenters. The summed E-state index contributed by atoms with van der Waals surface area (Å²) in [4.78, 5) is 4.66. The van der Waals surface area contributed by atoms with E-state index in [4.69, 9.17) is 4.74 Å². The van der Waals surface area contributed by atoms with Crippen LogP contribution in [0, 0.1) is 0 Å². The molecule has 5 heteroatoms. The maximum Gasteiger partial charge on any atom is 0.127 e. The molecular weight excluding hydrogens is 282 g/mol. The first kappa shape index (κ1) is 11.7. The van der Waals surface area contributed by atoms with Gasteiger partial charge in [0.1, 0.15) is 10.4 Å². The average molecular weight is 300 g/mol. The molecule has 0 radical (unpaired) electrons. The summed E-state index contributed by atoms with van der Waals surface area (Å²) in [6.07, 6.45) is 4.91. The van der Waals surface area contributed by atoms with Crippen LogP contribution in [0.3, 0.4) is 0 Å². The number of nitrogens with zero attached hydrogens (tertiary/aromatic N) is 2. The Labute approximate surface area is 110 Å². The summed E-state index contributed by atoms with van der Waals surface area (Å²) < 4.78 is 9.17. The van der Waals surface area contributed by atoms with Crippen LogP contribution < -0.4 is 5.32 Å². The van der Waals surface area contributed by atoms with E-state index in [1.807, 2.05) is 0 Å². The lowest BCUT2D eigenvalue weighted by molar-refractivity contribution is 0.0274. The summed E-state index contributed by atoms with van der Waals surface area (Å²) >= 11 is 3.58. The first-order valence-electron chi connectivity index (χ1n) is 6.40. The number of rotatable bonds is 2. The van der Waals surface area contributed by atoms with Gasteiger partial charge in [-0.15, -0.1) is 0 Å². The molecule has 4 nitrogen and oxygen atoms in total. The molecule has 0 aromatic carbocycles. The lowest BCUT2D eigenvalue weighted by Gasteiger charge is -2.24. The summed E-state index contributed by atoms with van der Waals surface area (Å²) in [5, 5.41) is 3.37. The smallest absolute Gasteiger partial charge is 0.127 e. The molecule has 1 atom stereocenters. The summed E-state index contributed by atoms with van der Waals surface area (Å²) in [6, 6.07) is 0. The summed E-state index contributed by atoms with van der Waals surface area (Å²) in [6.45, 7) is 3.85. The van der Waals surface area contributed by atoms with Crippen LogP contribution in [0.2, 0.25) is 0 Å². The van der Waals surface area contributed by atoms with Crippen molar-refractivity contribution < 1.29 is 4.74 Å². The number of nitrogens with one attached hydrogen (secondary N) is 1. The van der Waals surface area contributed by atoms with Crippen molar-refractivity contribution in [2.45, 2.75) is 38.3 Å². The zero-order valence-electron chi connectivity index (χ0n) is 9.91. The SMILES string of the molecule is Brc1nc(CC2CNCCO2)n2c1CCCC2. The predicted molar refractivity (Wildman–Crippen MR) is 69.2 cm³/mol. The minimum Gasteiger partial charge on any atom is -0.375 e. The van der Waals surface area contributed by atoms with Gasteiger partial charge in [-0.25, -0.2) is 4.98 Å². The molecule has 1 N–H and O–H groups in total. The number of hydrogen-bond donors (Lipinski definition) is 1. The van der Waals surface area contributed by atoms with Gasteiger partial charge in [-0.2, -0.15) is 0 Å². The van der Waals surface area contributed by atoms with Crippen molar-refractivity contribution in [2.24, 2.45) is 0 Å². The Morgan fingerprint density at radius 1 is 1.47 bits per heavy atom. The van der Waals surface area contributed by atoms with Crippen molar-refractivity contribution in [3.8, 4) is 0 Å². The number of hydrogen-bond acceptors (Lipinski definition) is 3. The van der Waals surface area contributed by atoms with Gasteiger partial charge >= 0.3 is 0 Å². The van der Waals surface area contributed by atoms with E-state index in [0.717, 1.165) is 43.7 Å². The molecule has 0 amide bonds. The van der Waals surface area contributed by atoms with Crippen molar-refractivity contribution in [3.63, 3.8) is 0 Å². The number of halogens is 1. The van der Waals surface area contributed by atoms with Crippen LogP contribution in [-0.2, 0) is 24.1 Å². The van der Waals surface area contributed by atoms with Crippen LogP contribution in [-0.4, -0.2) is 35.4 Å². The Hall–Kier alpha value is -0.390. The number of morpholine rings is 1. The Balaban J connectivity index is 1.78. The summed E-state index contributed by atoms with van der Waals surface area (Å²) in [5.74, 6) is 1.18. The molecule has 1 aromatic heterocycles. The number of aromatic nitrogens is 2. The Morgan fingerprint density at radius 3 is 3.24 bits per heavy atom. The van der Waals surface area contributed by atoms with Crippen molar-refractivity contribution in [2.75, 3.05) is 19.7 Å². The molecule has 1 fully saturated rings. The number of imidazole rings is 1. The predicted octanol–water partition coefficient (Wildman–Crippen LogP) is 1.51. The van der Waals surface area contributed by atoms with Gasteiger partial charge < -0.3 is 14.6 Å². The van der Waals surface area contributed by atoms with Gasteiger partial charge in [0, 0.05) is 26.1 Å². The third-order valence-corrected chi connectivity index (χ3v) is 4.20. The molecule has 1 aromatic rings. The Morgan fingerprint density at radius 2 is 2.41 bits per heavy atom. The summed E-state index contributed by atoms with van der Waals surface area (Å²) in [7, 11) is 0. The van der Waals surface area contributed by atoms with E-state index in [0.29, 0.717) is 0 Å². The Bertz CT molecular complexity index is 399. The second kappa shape index (κ2) is 5.08. The second-order valence-electron chi connectivity index (χ2n) is 4.78. The van der Waals surface area contributed by atoms with Crippen LogP contribution in [0.4, 0.5) is 0 Å². The van der Waals surface area contributed by atoms with E-state index in [1.165, 1.54) is 24.4 Å². The second-order valence-corrected chi connectivity index (χ2v) is 5.53. The highest BCUT2D eigenvalue weighted by Crippen LogP contribution is 2.25. The zero-order chi connectivity index (χ0) is 11.7. The highest BCUT2D eigenvalue weighted by molar-refractivity contribution is 9.10. The van der Waals surface area contributed by atoms with E-state index < -0.39 is 0 Å². The molecule has 0 spiro atoms.